The van der Waals surface area contributed by atoms with E-state index >= 15 is 0 Å². The third-order valence-electron chi connectivity index (χ3n) is 3.04. The van der Waals surface area contributed by atoms with E-state index in [0.29, 0.717) is 13.0 Å². The summed E-state index contributed by atoms with van der Waals surface area (Å²) in [6.07, 6.45) is 7.02. The van der Waals surface area contributed by atoms with Crippen LogP contribution in [-0.2, 0) is 10.1 Å². The van der Waals surface area contributed by atoms with Gasteiger partial charge >= 0.3 is 0 Å². The fourth-order valence-electron chi connectivity index (χ4n) is 1.95. The number of hydrogen-bond donors (Lipinski definition) is 0. The third-order valence-corrected chi connectivity index (χ3v) is 3.82. The molecule has 0 bridgehead atoms. The Balaban J connectivity index is 2.81. The Kier molecular flexibility index (Phi) is 7.98. The van der Waals surface area contributed by atoms with Gasteiger partial charge in [-0.3, -0.25) is 4.99 Å². The van der Waals surface area contributed by atoms with Crippen molar-refractivity contribution in [2.75, 3.05) is 12.3 Å². The molecule has 0 aliphatic rings. The minimum Gasteiger partial charge on any atom is -0.748 e. The molecule has 0 fully saturated rings. The minimum atomic E-state index is -4.15. The van der Waals surface area contributed by atoms with Crippen LogP contribution in [0.3, 0.4) is 0 Å². The zero-order valence-corrected chi connectivity index (χ0v) is 14.1. The number of aliphatic imine (C=N–C) groups is 1. The summed E-state index contributed by atoms with van der Waals surface area (Å²) < 4.78 is 34.1. The van der Waals surface area contributed by atoms with Crippen LogP contribution in [-0.4, -0.2) is 42.3 Å². The molecule has 0 N–H and O–H groups in total. The highest BCUT2D eigenvalue weighted by Crippen LogP contribution is 2.18. The molecule has 0 aromatic heterocycles. The summed E-state index contributed by atoms with van der Waals surface area (Å²) in [6, 6.07) is 7.78. The molecule has 0 saturated carbocycles. The Morgan fingerprint density at radius 3 is 2.45 bits per heavy atom. The van der Waals surface area contributed by atoms with E-state index in [9.17, 15) is 13.0 Å². The van der Waals surface area contributed by atoms with Gasteiger partial charge in [0.15, 0.2) is 0 Å². The smallest absolute Gasteiger partial charge is 0.205 e. The van der Waals surface area contributed by atoms with E-state index in [1.165, 1.54) is 0 Å². The Bertz CT molecular complexity index is 605. The number of benzene rings is 1. The van der Waals surface area contributed by atoms with Crippen LogP contribution in [0.25, 0.3) is 0 Å². The van der Waals surface area contributed by atoms with Crippen LogP contribution in [0.15, 0.2) is 29.3 Å². The van der Waals surface area contributed by atoms with Crippen LogP contribution in [0.1, 0.15) is 39.5 Å². The van der Waals surface area contributed by atoms with Gasteiger partial charge in [-0.25, -0.2) is 13.0 Å². The second-order valence-electron chi connectivity index (χ2n) is 5.02. The molecule has 22 heavy (non-hydrogen) atoms. The first kappa shape index (κ1) is 18.5. The standard InChI is InChI=1S/C16H24N2O3S/c1-3-5-12-18(13-6-14-22(19,20)21)16-9-7-15(8-10-16)17-11-4-2/h7-12H,3-6,13-14H2,1-2H3. The van der Waals surface area contributed by atoms with Crippen molar-refractivity contribution in [3.05, 3.63) is 24.3 Å². The Morgan fingerprint density at radius 1 is 1.23 bits per heavy atom. The van der Waals surface area contributed by atoms with Gasteiger partial charge in [-0.2, -0.15) is 0 Å². The molecule has 0 atom stereocenters. The van der Waals surface area contributed by atoms with Gasteiger partial charge in [0.05, 0.1) is 15.8 Å². The second kappa shape index (κ2) is 9.48. The first-order valence-corrected chi connectivity index (χ1v) is 9.20. The highest BCUT2D eigenvalue weighted by atomic mass is 32.2. The van der Waals surface area contributed by atoms with Crippen molar-refractivity contribution in [3.8, 4) is 0 Å². The van der Waals surface area contributed by atoms with E-state index in [4.69, 9.17) is 0 Å². The lowest BCUT2D eigenvalue weighted by molar-refractivity contribution is -0.436. The average Bonchev–Trinajstić information content (AvgIpc) is 2.48. The molecule has 1 aromatic rings. The largest absolute Gasteiger partial charge is 0.748 e. The predicted molar refractivity (Wildman–Crippen MR) is 89.8 cm³/mol. The molecule has 5 nitrogen and oxygen atoms in total. The van der Waals surface area contributed by atoms with Crippen LogP contribution >= 0.6 is 0 Å². The quantitative estimate of drug-likeness (QED) is 0.397. The highest BCUT2D eigenvalue weighted by Gasteiger charge is 2.09. The van der Waals surface area contributed by atoms with Crippen LogP contribution < -0.4 is 0 Å². The molecule has 0 amide bonds. The summed E-state index contributed by atoms with van der Waals surface area (Å²) in [6.45, 7) is 4.63. The lowest BCUT2D eigenvalue weighted by Gasteiger charge is -2.07. The van der Waals surface area contributed by atoms with Crippen molar-refractivity contribution in [1.82, 2.24) is 0 Å². The maximum absolute atomic E-state index is 10.7. The van der Waals surface area contributed by atoms with Gasteiger partial charge in [-0.15, -0.1) is 0 Å². The second-order valence-corrected chi connectivity index (χ2v) is 6.54. The molecule has 0 spiro atoms. The van der Waals surface area contributed by atoms with Crippen molar-refractivity contribution in [1.29, 1.82) is 0 Å². The van der Waals surface area contributed by atoms with Crippen molar-refractivity contribution in [2.24, 2.45) is 4.99 Å². The zero-order chi connectivity index (χ0) is 16.4. The fraction of sp³-hybridized carbons (Fsp3) is 0.500. The monoisotopic (exact) mass is 324 g/mol. The van der Waals surface area contributed by atoms with Gasteiger partial charge in [0.1, 0.15) is 12.8 Å². The first-order valence-electron chi connectivity index (χ1n) is 7.62. The molecular weight excluding hydrogens is 300 g/mol. The first-order chi connectivity index (χ1) is 10.5. The van der Waals surface area contributed by atoms with E-state index in [0.717, 1.165) is 30.6 Å². The SMILES string of the molecule is CCC=Nc1ccc([N+](=CCCC)CCCS(=O)(=O)[O-])cc1. The lowest BCUT2D eigenvalue weighted by Crippen LogP contribution is -2.14. The maximum atomic E-state index is 10.7. The Labute approximate surface area is 133 Å². The van der Waals surface area contributed by atoms with Gasteiger partial charge in [0.25, 0.3) is 0 Å². The maximum Gasteiger partial charge on any atom is 0.205 e. The summed E-state index contributed by atoms with van der Waals surface area (Å²) >= 11 is 0. The summed E-state index contributed by atoms with van der Waals surface area (Å²) in [5, 5.41) is 0. The van der Waals surface area contributed by atoms with Crippen LogP contribution in [0.4, 0.5) is 11.4 Å². The summed E-state index contributed by atoms with van der Waals surface area (Å²) in [5.74, 6) is -0.331. The van der Waals surface area contributed by atoms with E-state index in [1.54, 1.807) is 0 Å². The van der Waals surface area contributed by atoms with E-state index in [-0.39, 0.29) is 5.75 Å². The Morgan fingerprint density at radius 2 is 1.91 bits per heavy atom. The van der Waals surface area contributed by atoms with Crippen molar-refractivity contribution < 1.29 is 17.5 Å². The van der Waals surface area contributed by atoms with Gasteiger partial charge < -0.3 is 4.55 Å². The molecule has 0 unspecified atom stereocenters. The predicted octanol–water partition coefficient (Wildman–Crippen LogP) is 3.25. The fourth-order valence-corrected chi connectivity index (χ4v) is 2.43. The summed E-state index contributed by atoms with van der Waals surface area (Å²) in [5.41, 5.74) is 1.87. The summed E-state index contributed by atoms with van der Waals surface area (Å²) in [7, 11) is -4.15. The lowest BCUT2D eigenvalue weighted by atomic mass is 10.2. The molecule has 1 rings (SSSR count). The topological polar surface area (TPSA) is 72.6 Å². The number of unbranched alkanes of at least 4 members (excludes halogenated alkanes) is 1. The van der Waals surface area contributed by atoms with Crippen molar-refractivity contribution in [2.45, 2.75) is 39.5 Å². The molecule has 122 valence electrons. The summed E-state index contributed by atoms with van der Waals surface area (Å²) in [4.78, 5) is 4.31. The van der Waals surface area contributed by atoms with E-state index < -0.39 is 10.1 Å². The van der Waals surface area contributed by atoms with Crippen molar-refractivity contribution >= 4 is 33.9 Å². The third kappa shape index (κ3) is 7.47. The number of rotatable bonds is 9. The molecule has 0 heterocycles. The van der Waals surface area contributed by atoms with E-state index in [1.807, 2.05) is 48.2 Å². The molecule has 0 saturated heterocycles. The average molecular weight is 324 g/mol. The minimum absolute atomic E-state index is 0.321. The number of hydrogen-bond acceptors (Lipinski definition) is 4. The molecule has 6 heteroatoms. The normalized spacial score (nSPS) is 13.0. The van der Waals surface area contributed by atoms with Crippen LogP contribution in [0.2, 0.25) is 0 Å². The molecule has 0 aliphatic heterocycles. The van der Waals surface area contributed by atoms with Crippen molar-refractivity contribution in [3.63, 3.8) is 0 Å². The molecule has 0 aliphatic carbocycles. The highest BCUT2D eigenvalue weighted by molar-refractivity contribution is 7.85. The van der Waals surface area contributed by atoms with Crippen LogP contribution in [0, 0.1) is 0 Å². The zero-order valence-electron chi connectivity index (χ0n) is 13.2. The van der Waals surface area contributed by atoms with Gasteiger partial charge in [0, 0.05) is 36.9 Å². The molecular formula is C16H24N2O3S. The number of nitrogens with zero attached hydrogens (tertiary/aromatic N) is 2. The van der Waals surface area contributed by atoms with Gasteiger partial charge in [-0.05, 0) is 25.0 Å². The van der Waals surface area contributed by atoms with Gasteiger partial charge in [0.2, 0.25) is 5.69 Å². The van der Waals surface area contributed by atoms with E-state index in [2.05, 4.69) is 11.9 Å². The Hall–Kier alpha value is -1.53. The van der Waals surface area contributed by atoms with Gasteiger partial charge in [-0.1, -0.05) is 13.8 Å². The van der Waals surface area contributed by atoms with Crippen LogP contribution in [0.5, 0.6) is 0 Å². The molecule has 1 aromatic carbocycles. The molecule has 0 radical (unpaired) electrons.